The molecule has 2 unspecified atom stereocenters. The predicted octanol–water partition coefficient (Wildman–Crippen LogP) is 2.88. The van der Waals surface area contributed by atoms with E-state index in [2.05, 4.69) is 5.32 Å². The third kappa shape index (κ3) is 4.82. The number of ether oxygens (including phenoxy) is 1. The number of carbonyl (C=O) groups is 1. The molecule has 1 saturated carbocycles. The zero-order valence-corrected chi connectivity index (χ0v) is 15.7. The highest BCUT2D eigenvalue weighted by Crippen LogP contribution is 2.24. The van der Waals surface area contributed by atoms with E-state index in [1.54, 1.807) is 7.11 Å². The van der Waals surface area contributed by atoms with Crippen LogP contribution in [-0.4, -0.2) is 40.7 Å². The van der Waals surface area contributed by atoms with Gasteiger partial charge in [0.05, 0.1) is 17.9 Å². The van der Waals surface area contributed by atoms with Gasteiger partial charge in [-0.15, -0.1) is 0 Å². The van der Waals surface area contributed by atoms with Crippen molar-refractivity contribution >= 4 is 16.9 Å². The Hall–Kier alpha value is -1.40. The minimum atomic E-state index is -1.23. The second-order valence-corrected chi connectivity index (χ2v) is 8.48. The first-order valence-corrected chi connectivity index (χ1v) is 10.4. The summed E-state index contributed by atoms with van der Waals surface area (Å²) in [5, 5.41) is 3.22. The number of benzene rings is 1. The van der Waals surface area contributed by atoms with E-state index in [1.807, 2.05) is 28.6 Å². The molecule has 1 aromatic carbocycles. The molecule has 25 heavy (non-hydrogen) atoms. The van der Waals surface area contributed by atoms with Gasteiger partial charge in [0, 0.05) is 19.1 Å². The van der Waals surface area contributed by atoms with E-state index >= 15 is 0 Å². The predicted molar refractivity (Wildman–Crippen MR) is 98.7 cm³/mol. The molecule has 0 radical (unpaired) electrons. The largest absolute Gasteiger partial charge is 0.497 e. The van der Waals surface area contributed by atoms with Crippen molar-refractivity contribution in [3.63, 3.8) is 0 Å². The molecule has 2 aliphatic rings. The lowest BCUT2D eigenvalue weighted by molar-refractivity contribution is -0.127. The third-order valence-electron chi connectivity index (χ3n) is 5.20. The maximum atomic E-state index is 12.8. The number of hydrogen-bond acceptors (Lipinski definition) is 3. The number of piperidine rings is 1. The molecule has 5 nitrogen and oxygen atoms in total. The highest BCUT2D eigenvalue weighted by Gasteiger charge is 2.30. The van der Waals surface area contributed by atoms with Crippen LogP contribution < -0.4 is 10.1 Å². The smallest absolute Gasteiger partial charge is 0.224 e. The van der Waals surface area contributed by atoms with Crippen LogP contribution in [0.4, 0.5) is 0 Å². The van der Waals surface area contributed by atoms with Gasteiger partial charge in [0.15, 0.2) is 0 Å². The van der Waals surface area contributed by atoms with E-state index in [9.17, 15) is 9.00 Å². The van der Waals surface area contributed by atoms with E-state index in [0.29, 0.717) is 12.6 Å². The van der Waals surface area contributed by atoms with Crippen LogP contribution in [0.15, 0.2) is 29.2 Å². The van der Waals surface area contributed by atoms with Crippen molar-refractivity contribution in [3.05, 3.63) is 24.3 Å². The number of rotatable bonds is 5. The molecule has 6 heteroatoms. The molecule has 0 spiro atoms. The zero-order valence-electron chi connectivity index (χ0n) is 14.9. The van der Waals surface area contributed by atoms with E-state index < -0.39 is 11.0 Å². The third-order valence-corrected chi connectivity index (χ3v) is 6.68. The molecule has 1 heterocycles. The molecule has 0 bridgehead atoms. The summed E-state index contributed by atoms with van der Waals surface area (Å²) in [4.78, 5) is 13.4. The van der Waals surface area contributed by atoms with Gasteiger partial charge in [0.25, 0.3) is 0 Å². The highest BCUT2D eigenvalue weighted by atomic mass is 32.2. The summed E-state index contributed by atoms with van der Waals surface area (Å²) in [5.41, 5.74) is 0. The second-order valence-electron chi connectivity index (χ2n) is 7.00. The van der Waals surface area contributed by atoms with Crippen molar-refractivity contribution in [1.29, 1.82) is 0 Å². The first-order chi connectivity index (χ1) is 12.2. The fraction of sp³-hybridized carbons (Fsp3) is 0.632. The minimum absolute atomic E-state index is 0.0575. The molecule has 138 valence electrons. The molecule has 1 saturated heterocycles. The molecular formula is C19H28N2O3S. The Morgan fingerprint density at radius 1 is 1.12 bits per heavy atom. The summed E-state index contributed by atoms with van der Waals surface area (Å²) in [6.07, 6.45) is 7.69. The van der Waals surface area contributed by atoms with Gasteiger partial charge in [-0.2, -0.15) is 0 Å². The van der Waals surface area contributed by atoms with E-state index in [0.717, 1.165) is 42.9 Å². The summed E-state index contributed by atoms with van der Waals surface area (Å²) >= 11 is 0. The fourth-order valence-electron chi connectivity index (χ4n) is 3.71. The lowest BCUT2D eigenvalue weighted by atomic mass is 9.93. The molecule has 2 atom stereocenters. The Bertz CT molecular complexity index is 599. The molecule has 0 aromatic heterocycles. The number of amides is 1. The van der Waals surface area contributed by atoms with E-state index in [4.69, 9.17) is 4.74 Å². The first-order valence-electron chi connectivity index (χ1n) is 9.28. The van der Waals surface area contributed by atoms with Gasteiger partial charge in [0.1, 0.15) is 16.7 Å². The summed E-state index contributed by atoms with van der Waals surface area (Å²) < 4.78 is 19.9. The Labute approximate surface area is 152 Å². The van der Waals surface area contributed by atoms with Gasteiger partial charge in [-0.3, -0.25) is 4.79 Å². The van der Waals surface area contributed by atoms with Gasteiger partial charge in [0.2, 0.25) is 5.91 Å². The van der Waals surface area contributed by atoms with Crippen LogP contribution in [-0.2, 0) is 15.8 Å². The maximum Gasteiger partial charge on any atom is 0.224 e. The fourth-order valence-corrected chi connectivity index (χ4v) is 4.99. The van der Waals surface area contributed by atoms with Crippen LogP contribution in [0.1, 0.15) is 44.9 Å². The van der Waals surface area contributed by atoms with Crippen LogP contribution >= 0.6 is 0 Å². The van der Waals surface area contributed by atoms with Crippen molar-refractivity contribution < 1.29 is 13.7 Å². The summed E-state index contributed by atoms with van der Waals surface area (Å²) in [6.45, 7) is 1.34. The van der Waals surface area contributed by atoms with Gasteiger partial charge >= 0.3 is 0 Å². The van der Waals surface area contributed by atoms with Gasteiger partial charge in [-0.05, 0) is 49.9 Å². The Morgan fingerprint density at radius 3 is 2.52 bits per heavy atom. The van der Waals surface area contributed by atoms with Crippen molar-refractivity contribution in [1.82, 2.24) is 9.62 Å². The summed E-state index contributed by atoms with van der Waals surface area (Å²) in [6, 6.07) is 7.65. The van der Waals surface area contributed by atoms with Crippen molar-refractivity contribution in [2.45, 2.75) is 55.9 Å². The number of nitrogens with one attached hydrogen (secondary N) is 1. The molecule has 1 aliphatic heterocycles. The van der Waals surface area contributed by atoms with Crippen molar-refractivity contribution in [2.24, 2.45) is 5.92 Å². The SMILES string of the molecule is COc1ccc(S(=O)N2CCCC(C(=O)NC3CCCCC3)C2)cc1. The number of nitrogens with zero attached hydrogens (tertiary/aromatic N) is 1. The quantitative estimate of drug-likeness (QED) is 0.874. The number of methoxy groups -OCH3 is 1. The minimum Gasteiger partial charge on any atom is -0.497 e. The average molecular weight is 365 g/mol. The zero-order chi connectivity index (χ0) is 17.6. The van der Waals surface area contributed by atoms with Crippen molar-refractivity contribution in [2.75, 3.05) is 20.2 Å². The summed E-state index contributed by atoms with van der Waals surface area (Å²) in [5.74, 6) is 0.838. The number of carbonyl (C=O) groups excluding carboxylic acids is 1. The van der Waals surface area contributed by atoms with Crippen LogP contribution in [0, 0.1) is 5.92 Å². The monoisotopic (exact) mass is 364 g/mol. The molecule has 3 rings (SSSR count). The van der Waals surface area contributed by atoms with Crippen LogP contribution in [0.5, 0.6) is 5.75 Å². The average Bonchev–Trinajstić information content (AvgIpc) is 2.68. The second kappa shape index (κ2) is 8.81. The molecule has 1 aliphatic carbocycles. The van der Waals surface area contributed by atoms with Gasteiger partial charge in [-0.1, -0.05) is 19.3 Å². The molecular weight excluding hydrogens is 336 g/mol. The standard InChI is InChI=1S/C19H28N2O3S/c1-24-17-9-11-18(12-10-17)25(23)21-13-5-6-15(14-21)19(22)20-16-7-3-2-4-8-16/h9-12,15-16H,2-8,13-14H2,1H3,(H,20,22). The Balaban J connectivity index is 1.57. The topological polar surface area (TPSA) is 58.6 Å². The van der Waals surface area contributed by atoms with Crippen LogP contribution in [0.3, 0.4) is 0 Å². The maximum absolute atomic E-state index is 12.8. The van der Waals surface area contributed by atoms with E-state index in [-0.39, 0.29) is 11.8 Å². The lowest BCUT2D eigenvalue weighted by Crippen LogP contribution is -2.46. The Morgan fingerprint density at radius 2 is 1.84 bits per heavy atom. The number of hydrogen-bond donors (Lipinski definition) is 1. The van der Waals surface area contributed by atoms with E-state index in [1.165, 1.54) is 19.3 Å². The molecule has 1 aromatic rings. The lowest BCUT2D eigenvalue weighted by Gasteiger charge is -2.32. The highest BCUT2D eigenvalue weighted by molar-refractivity contribution is 7.82. The Kier molecular flexibility index (Phi) is 6.48. The normalized spacial score (nSPS) is 23.8. The molecule has 2 fully saturated rings. The van der Waals surface area contributed by atoms with Gasteiger partial charge in [-0.25, -0.2) is 8.51 Å². The summed E-state index contributed by atoms with van der Waals surface area (Å²) in [7, 11) is 0.391. The molecule has 1 N–H and O–H groups in total. The molecule has 1 amide bonds. The van der Waals surface area contributed by atoms with Crippen LogP contribution in [0.2, 0.25) is 0 Å². The van der Waals surface area contributed by atoms with Gasteiger partial charge < -0.3 is 10.1 Å². The van der Waals surface area contributed by atoms with Crippen molar-refractivity contribution in [3.8, 4) is 5.75 Å². The van der Waals surface area contributed by atoms with Crippen LogP contribution in [0.25, 0.3) is 0 Å². The first kappa shape index (κ1) is 18.4.